The highest BCUT2D eigenvalue weighted by Crippen LogP contribution is 2.23. The zero-order valence-electron chi connectivity index (χ0n) is 15.5. The first-order chi connectivity index (χ1) is 11.3. The van der Waals surface area contributed by atoms with Crippen LogP contribution in [-0.2, 0) is 9.53 Å². The summed E-state index contributed by atoms with van der Waals surface area (Å²) in [6, 6.07) is 3.44. The summed E-state index contributed by atoms with van der Waals surface area (Å²) >= 11 is 0. The molecule has 2 rings (SSSR count). The van der Waals surface area contributed by atoms with Crippen LogP contribution in [0.2, 0.25) is 0 Å². The van der Waals surface area contributed by atoms with Crippen LogP contribution < -0.4 is 9.64 Å². The zero-order valence-corrected chi connectivity index (χ0v) is 15.5. The standard InChI is InChI=1S/C18H29N3O3/c1-12(2)17(21-10-13(3)24-14(4)11-21)18(22)20(5)15-7-8-16(23-6)19-9-15/h7-9,12-14,17H,10-11H2,1-6H3. The number of likely N-dealkylation sites (N-methyl/N-ethyl adjacent to an activating group) is 1. The van der Waals surface area contributed by atoms with Gasteiger partial charge in [-0.15, -0.1) is 0 Å². The summed E-state index contributed by atoms with van der Waals surface area (Å²) in [6.45, 7) is 9.84. The van der Waals surface area contributed by atoms with Crippen molar-refractivity contribution in [3.63, 3.8) is 0 Å². The van der Waals surface area contributed by atoms with Crippen LogP contribution in [0.1, 0.15) is 27.7 Å². The Hall–Kier alpha value is -1.66. The molecule has 1 aromatic rings. The minimum Gasteiger partial charge on any atom is -0.481 e. The lowest BCUT2D eigenvalue weighted by molar-refractivity contribution is -0.132. The molecule has 1 amide bonds. The molecule has 0 saturated carbocycles. The van der Waals surface area contributed by atoms with Gasteiger partial charge in [-0.1, -0.05) is 13.8 Å². The van der Waals surface area contributed by atoms with Crippen LogP contribution >= 0.6 is 0 Å². The van der Waals surface area contributed by atoms with Crippen molar-refractivity contribution in [3.05, 3.63) is 18.3 Å². The van der Waals surface area contributed by atoms with Crippen LogP contribution in [-0.4, -0.2) is 61.3 Å². The second-order valence-electron chi connectivity index (χ2n) is 6.86. The summed E-state index contributed by atoms with van der Waals surface area (Å²) in [7, 11) is 3.38. The minimum atomic E-state index is -0.175. The first-order valence-corrected chi connectivity index (χ1v) is 8.50. The number of hydrogen-bond donors (Lipinski definition) is 0. The Balaban J connectivity index is 2.18. The molecular weight excluding hydrogens is 306 g/mol. The second kappa shape index (κ2) is 7.94. The third-order valence-electron chi connectivity index (χ3n) is 4.37. The van der Waals surface area contributed by atoms with Gasteiger partial charge in [-0.3, -0.25) is 9.69 Å². The van der Waals surface area contributed by atoms with E-state index in [1.165, 1.54) is 0 Å². The van der Waals surface area contributed by atoms with Gasteiger partial charge in [0.05, 0.1) is 37.2 Å². The van der Waals surface area contributed by atoms with Gasteiger partial charge < -0.3 is 14.4 Å². The van der Waals surface area contributed by atoms with Gasteiger partial charge in [0, 0.05) is 26.2 Å². The van der Waals surface area contributed by atoms with Crippen molar-refractivity contribution in [1.82, 2.24) is 9.88 Å². The minimum absolute atomic E-state index is 0.0817. The number of methoxy groups -OCH3 is 1. The van der Waals surface area contributed by atoms with Crippen LogP contribution in [0, 0.1) is 5.92 Å². The summed E-state index contributed by atoms with van der Waals surface area (Å²) in [5.74, 6) is 0.831. The van der Waals surface area contributed by atoms with Gasteiger partial charge in [0.15, 0.2) is 0 Å². The predicted octanol–water partition coefficient (Wildman–Crippen LogP) is 2.19. The van der Waals surface area contributed by atoms with E-state index in [4.69, 9.17) is 9.47 Å². The Morgan fingerprint density at radius 1 is 1.33 bits per heavy atom. The molecule has 0 N–H and O–H groups in total. The SMILES string of the molecule is COc1ccc(N(C)C(=O)C(C(C)C)N2CC(C)OC(C)C2)cn1. The fourth-order valence-electron chi connectivity index (χ4n) is 3.33. The molecule has 0 spiro atoms. The van der Waals surface area contributed by atoms with Crippen molar-refractivity contribution in [1.29, 1.82) is 0 Å². The van der Waals surface area contributed by atoms with Gasteiger partial charge in [0.1, 0.15) is 0 Å². The van der Waals surface area contributed by atoms with E-state index in [9.17, 15) is 4.79 Å². The van der Waals surface area contributed by atoms with E-state index in [1.807, 2.05) is 6.07 Å². The monoisotopic (exact) mass is 335 g/mol. The number of aromatic nitrogens is 1. The number of ether oxygens (including phenoxy) is 2. The van der Waals surface area contributed by atoms with Crippen LogP contribution in [0.25, 0.3) is 0 Å². The Morgan fingerprint density at radius 2 is 1.96 bits per heavy atom. The molecule has 0 aromatic carbocycles. The molecular formula is C18H29N3O3. The predicted molar refractivity (Wildman–Crippen MR) is 94.4 cm³/mol. The molecule has 24 heavy (non-hydrogen) atoms. The highest BCUT2D eigenvalue weighted by atomic mass is 16.5. The number of hydrogen-bond acceptors (Lipinski definition) is 5. The molecule has 1 fully saturated rings. The fraction of sp³-hybridized carbons (Fsp3) is 0.667. The topological polar surface area (TPSA) is 54.9 Å². The molecule has 1 saturated heterocycles. The first kappa shape index (κ1) is 18.7. The van der Waals surface area contributed by atoms with Crippen LogP contribution in [0.5, 0.6) is 5.88 Å². The maximum Gasteiger partial charge on any atom is 0.244 e. The molecule has 134 valence electrons. The highest BCUT2D eigenvalue weighted by molar-refractivity contribution is 5.96. The molecule has 3 atom stereocenters. The average Bonchev–Trinajstić information content (AvgIpc) is 2.53. The van der Waals surface area contributed by atoms with Crippen molar-refractivity contribution in [2.45, 2.75) is 45.9 Å². The van der Waals surface area contributed by atoms with Gasteiger partial charge in [-0.2, -0.15) is 0 Å². The summed E-state index contributed by atoms with van der Waals surface area (Å²) in [5.41, 5.74) is 0.765. The van der Waals surface area contributed by atoms with Crippen molar-refractivity contribution >= 4 is 11.6 Å². The molecule has 0 bridgehead atoms. The number of carbonyl (C=O) groups excluding carboxylic acids is 1. The molecule has 0 radical (unpaired) electrons. The van der Waals surface area contributed by atoms with E-state index in [0.29, 0.717) is 5.88 Å². The molecule has 2 heterocycles. The van der Waals surface area contributed by atoms with Gasteiger partial charge >= 0.3 is 0 Å². The van der Waals surface area contributed by atoms with E-state index < -0.39 is 0 Å². The maximum absolute atomic E-state index is 13.1. The fourth-order valence-corrected chi connectivity index (χ4v) is 3.33. The summed E-state index contributed by atoms with van der Waals surface area (Å²) in [4.78, 5) is 21.3. The lowest BCUT2D eigenvalue weighted by Crippen LogP contribution is -2.57. The number of morpholine rings is 1. The largest absolute Gasteiger partial charge is 0.481 e. The molecule has 1 aliphatic rings. The number of pyridine rings is 1. The average molecular weight is 335 g/mol. The third-order valence-corrected chi connectivity index (χ3v) is 4.37. The lowest BCUT2D eigenvalue weighted by Gasteiger charge is -2.42. The second-order valence-corrected chi connectivity index (χ2v) is 6.86. The van der Waals surface area contributed by atoms with Crippen molar-refractivity contribution in [3.8, 4) is 5.88 Å². The molecule has 3 unspecified atom stereocenters. The molecule has 0 aliphatic carbocycles. The highest BCUT2D eigenvalue weighted by Gasteiger charge is 2.35. The summed E-state index contributed by atoms with van der Waals surface area (Å²) < 4.78 is 10.9. The smallest absolute Gasteiger partial charge is 0.244 e. The summed E-state index contributed by atoms with van der Waals surface area (Å²) in [6.07, 6.45) is 1.94. The zero-order chi connectivity index (χ0) is 17.9. The number of carbonyl (C=O) groups is 1. The van der Waals surface area contributed by atoms with Crippen molar-refractivity contribution in [2.24, 2.45) is 5.92 Å². The van der Waals surface area contributed by atoms with Gasteiger partial charge in [0.25, 0.3) is 0 Å². The van der Waals surface area contributed by atoms with E-state index in [-0.39, 0.29) is 30.1 Å². The number of rotatable bonds is 5. The number of amides is 1. The van der Waals surface area contributed by atoms with E-state index >= 15 is 0 Å². The molecule has 6 nitrogen and oxygen atoms in total. The lowest BCUT2D eigenvalue weighted by atomic mass is 9.99. The van der Waals surface area contributed by atoms with E-state index in [2.05, 4.69) is 37.6 Å². The Labute approximate surface area is 144 Å². The van der Waals surface area contributed by atoms with E-state index in [1.54, 1.807) is 31.3 Å². The van der Waals surface area contributed by atoms with Crippen LogP contribution in [0.15, 0.2) is 18.3 Å². The normalized spacial score (nSPS) is 23.1. The summed E-state index contributed by atoms with van der Waals surface area (Å²) in [5, 5.41) is 0. The van der Waals surface area contributed by atoms with Gasteiger partial charge in [-0.05, 0) is 25.8 Å². The first-order valence-electron chi connectivity index (χ1n) is 8.50. The van der Waals surface area contributed by atoms with Gasteiger partial charge in [-0.25, -0.2) is 4.98 Å². The Morgan fingerprint density at radius 3 is 2.42 bits per heavy atom. The molecule has 1 aromatic heterocycles. The van der Waals surface area contributed by atoms with Gasteiger partial charge in [0.2, 0.25) is 11.8 Å². The Bertz CT molecular complexity index is 537. The van der Waals surface area contributed by atoms with Crippen molar-refractivity contribution < 1.29 is 14.3 Å². The number of anilines is 1. The quantitative estimate of drug-likeness (QED) is 0.825. The maximum atomic E-state index is 13.1. The van der Waals surface area contributed by atoms with Crippen LogP contribution in [0.3, 0.4) is 0 Å². The van der Waals surface area contributed by atoms with E-state index in [0.717, 1.165) is 18.8 Å². The molecule has 6 heteroatoms. The van der Waals surface area contributed by atoms with Crippen LogP contribution in [0.4, 0.5) is 5.69 Å². The Kier molecular flexibility index (Phi) is 6.18. The molecule has 1 aliphatic heterocycles. The van der Waals surface area contributed by atoms with Crippen molar-refractivity contribution in [2.75, 3.05) is 32.1 Å². The third kappa shape index (κ3) is 4.24. The number of nitrogens with zero attached hydrogens (tertiary/aromatic N) is 3.